The molecular weight excluding hydrogens is 671 g/mol. The van der Waals surface area contributed by atoms with Crippen molar-refractivity contribution in [2.75, 3.05) is 61.4 Å². The average molecular weight is 710 g/mol. The summed E-state index contributed by atoms with van der Waals surface area (Å²) < 4.78 is 76.9. The molecule has 0 saturated carbocycles. The van der Waals surface area contributed by atoms with Crippen molar-refractivity contribution in [3.05, 3.63) is 52.5 Å². The number of hydrogen-bond acceptors (Lipinski definition) is 8. The predicted molar refractivity (Wildman–Crippen MR) is 174 cm³/mol. The Hall–Kier alpha value is -1.94. The molecule has 4 rings (SSSR count). The Balaban J connectivity index is 1.34. The summed E-state index contributed by atoms with van der Waals surface area (Å²) in [5.74, 6) is -0.404. The third-order valence-corrected chi connectivity index (χ3v) is 13.0. The van der Waals surface area contributed by atoms with E-state index in [1.165, 1.54) is 34.8 Å². The summed E-state index contributed by atoms with van der Waals surface area (Å²) in [5.41, 5.74) is 0.923. The zero-order valence-electron chi connectivity index (χ0n) is 24.7. The summed E-state index contributed by atoms with van der Waals surface area (Å²) >= 11 is 12.4. The van der Waals surface area contributed by atoms with Crippen molar-refractivity contribution in [3.63, 3.8) is 0 Å². The van der Waals surface area contributed by atoms with Crippen LogP contribution in [0.1, 0.15) is 32.1 Å². The van der Waals surface area contributed by atoms with Gasteiger partial charge in [0.25, 0.3) is 0 Å². The smallest absolute Gasteiger partial charge is 0.230 e. The van der Waals surface area contributed by atoms with Gasteiger partial charge in [0.05, 0.1) is 32.7 Å². The van der Waals surface area contributed by atoms with Gasteiger partial charge in [-0.3, -0.25) is 9.52 Å². The molecule has 11 nitrogen and oxygen atoms in total. The first-order chi connectivity index (χ1) is 20.5. The van der Waals surface area contributed by atoms with Crippen LogP contribution in [0.25, 0.3) is 0 Å². The Labute approximate surface area is 270 Å². The van der Waals surface area contributed by atoms with Crippen molar-refractivity contribution in [1.29, 1.82) is 0 Å². The molecule has 0 unspecified atom stereocenters. The molecule has 2 aromatic carbocycles. The van der Waals surface area contributed by atoms with Crippen LogP contribution in [-0.4, -0.2) is 97.4 Å². The lowest BCUT2D eigenvalue weighted by molar-refractivity contribution is -0.123. The fourth-order valence-corrected chi connectivity index (χ4v) is 9.15. The number of amides is 1. The van der Waals surface area contributed by atoms with Crippen LogP contribution in [0.4, 0.5) is 11.4 Å². The maximum atomic E-state index is 13.7. The first kappa shape index (κ1) is 34.9. The number of sulfone groups is 1. The third kappa shape index (κ3) is 9.08. The molecular formula is C28H38Cl2N4O7S3. The summed E-state index contributed by atoms with van der Waals surface area (Å²) in [7, 11) is -10.4. The molecule has 2 aliphatic rings. The lowest BCUT2D eigenvalue weighted by Crippen LogP contribution is -2.45. The third-order valence-electron chi connectivity index (χ3n) is 8.07. The second-order valence-electron chi connectivity index (χ2n) is 11.4. The Kier molecular flexibility index (Phi) is 11.3. The molecule has 1 amide bonds. The van der Waals surface area contributed by atoms with E-state index in [4.69, 9.17) is 23.2 Å². The Morgan fingerprint density at radius 3 is 2.02 bits per heavy atom. The summed E-state index contributed by atoms with van der Waals surface area (Å²) in [4.78, 5) is 17.7. The van der Waals surface area contributed by atoms with Crippen LogP contribution in [-0.2, 0) is 34.7 Å². The van der Waals surface area contributed by atoms with Gasteiger partial charge in [-0.15, -0.1) is 0 Å². The van der Waals surface area contributed by atoms with Crippen molar-refractivity contribution >= 4 is 70.4 Å². The van der Waals surface area contributed by atoms with E-state index in [0.717, 1.165) is 6.26 Å². The molecule has 0 spiro atoms. The van der Waals surface area contributed by atoms with Gasteiger partial charge in [-0.25, -0.2) is 29.6 Å². The first-order valence-corrected chi connectivity index (χ1v) is 20.3. The van der Waals surface area contributed by atoms with Gasteiger partial charge in [-0.1, -0.05) is 23.2 Å². The number of nitrogens with one attached hydrogen (secondary N) is 1. The highest BCUT2D eigenvalue weighted by molar-refractivity contribution is 7.92. The van der Waals surface area contributed by atoms with E-state index in [1.54, 1.807) is 23.1 Å². The number of hydrogen-bond donors (Lipinski definition) is 1. The topological polar surface area (TPSA) is 141 Å². The predicted octanol–water partition coefficient (Wildman–Crippen LogP) is 3.70. The van der Waals surface area contributed by atoms with Crippen LogP contribution < -0.4 is 9.62 Å². The molecule has 244 valence electrons. The quantitative estimate of drug-likeness (QED) is 0.373. The normalized spacial score (nSPS) is 18.3. The molecule has 0 aliphatic carbocycles. The van der Waals surface area contributed by atoms with Gasteiger partial charge in [0.1, 0.15) is 0 Å². The molecule has 2 heterocycles. The fourth-order valence-electron chi connectivity index (χ4n) is 5.69. The number of anilines is 2. The van der Waals surface area contributed by atoms with Gasteiger partial charge >= 0.3 is 0 Å². The van der Waals surface area contributed by atoms with Crippen molar-refractivity contribution in [3.8, 4) is 0 Å². The summed E-state index contributed by atoms with van der Waals surface area (Å²) in [6.45, 7) is 2.84. The molecule has 1 N–H and O–H groups in total. The molecule has 2 aromatic rings. The van der Waals surface area contributed by atoms with Crippen LogP contribution >= 0.6 is 23.2 Å². The number of sulfonamides is 2. The molecule has 16 heteroatoms. The largest absolute Gasteiger partial charge is 0.312 e. The lowest BCUT2D eigenvalue weighted by Gasteiger charge is -2.34. The molecule has 0 bridgehead atoms. The van der Waals surface area contributed by atoms with E-state index in [2.05, 4.69) is 9.62 Å². The van der Waals surface area contributed by atoms with E-state index in [9.17, 15) is 30.0 Å². The van der Waals surface area contributed by atoms with Crippen molar-refractivity contribution < 1.29 is 30.0 Å². The van der Waals surface area contributed by atoms with Crippen LogP contribution in [0.5, 0.6) is 0 Å². The SMILES string of the molecule is CS(=O)(=O)Nc1ccc(S(=O)(=O)C2CCN(CCCN(C(=O)C3CCN(S(C)(=O)=O)CC3)c3ccc(Cl)c(Cl)c3)CC2)cc1. The fraction of sp³-hybridized carbons (Fsp3) is 0.536. The lowest BCUT2D eigenvalue weighted by atomic mass is 9.96. The zero-order chi connectivity index (χ0) is 32.3. The van der Waals surface area contributed by atoms with E-state index in [0.29, 0.717) is 92.8 Å². The van der Waals surface area contributed by atoms with E-state index in [-0.39, 0.29) is 16.7 Å². The maximum absolute atomic E-state index is 13.7. The Morgan fingerprint density at radius 2 is 1.48 bits per heavy atom. The minimum Gasteiger partial charge on any atom is -0.312 e. The number of likely N-dealkylation sites (tertiary alicyclic amines) is 1. The van der Waals surface area contributed by atoms with Crippen LogP contribution in [0, 0.1) is 5.92 Å². The molecule has 2 saturated heterocycles. The number of carbonyl (C=O) groups excluding carboxylic acids is 1. The van der Waals surface area contributed by atoms with Crippen molar-refractivity contribution in [1.82, 2.24) is 9.21 Å². The summed E-state index contributed by atoms with van der Waals surface area (Å²) in [6, 6.07) is 10.8. The number of halogens is 2. The Morgan fingerprint density at radius 1 is 0.864 bits per heavy atom. The number of nitrogens with zero attached hydrogens (tertiary/aromatic N) is 3. The number of piperidine rings is 2. The van der Waals surface area contributed by atoms with Crippen molar-refractivity contribution in [2.24, 2.45) is 5.92 Å². The second-order valence-corrected chi connectivity index (χ2v) is 18.1. The van der Waals surface area contributed by atoms with Gasteiger partial charge in [-0.2, -0.15) is 0 Å². The van der Waals surface area contributed by atoms with Crippen LogP contribution in [0.3, 0.4) is 0 Å². The van der Waals surface area contributed by atoms with Gasteiger partial charge in [0.15, 0.2) is 9.84 Å². The molecule has 0 atom stereocenters. The van der Waals surface area contributed by atoms with Gasteiger partial charge < -0.3 is 9.80 Å². The number of carbonyl (C=O) groups is 1. The molecule has 2 fully saturated rings. The molecule has 44 heavy (non-hydrogen) atoms. The molecule has 0 aromatic heterocycles. The van der Waals surface area contributed by atoms with Gasteiger partial charge in [0.2, 0.25) is 26.0 Å². The van der Waals surface area contributed by atoms with E-state index in [1.807, 2.05) is 0 Å². The molecule has 0 radical (unpaired) electrons. The zero-order valence-corrected chi connectivity index (χ0v) is 28.6. The standard InChI is InChI=1S/C28H38Cl2N4O7S3/c1-42(36,37)31-22-4-7-24(8-5-22)44(40,41)25-12-16-32(17-13-25)14-3-15-34(23-6-9-26(29)27(30)20-23)28(35)21-10-18-33(19-11-21)43(2,38)39/h4-9,20-21,25,31H,3,10-19H2,1-2H3. The number of rotatable bonds is 11. The highest BCUT2D eigenvalue weighted by atomic mass is 35.5. The minimum absolute atomic E-state index is 0.0842. The van der Waals surface area contributed by atoms with Gasteiger partial charge in [0, 0.05) is 36.9 Å². The van der Waals surface area contributed by atoms with E-state index >= 15 is 0 Å². The van der Waals surface area contributed by atoms with Gasteiger partial charge in [-0.05, 0) is 94.2 Å². The van der Waals surface area contributed by atoms with Crippen LogP contribution in [0.15, 0.2) is 47.4 Å². The van der Waals surface area contributed by atoms with Crippen LogP contribution in [0.2, 0.25) is 10.0 Å². The monoisotopic (exact) mass is 708 g/mol. The summed E-state index contributed by atoms with van der Waals surface area (Å²) in [6.07, 6.45) is 4.63. The average Bonchev–Trinajstić information content (AvgIpc) is 2.96. The molecule has 2 aliphatic heterocycles. The minimum atomic E-state index is -3.58. The maximum Gasteiger partial charge on any atom is 0.230 e. The van der Waals surface area contributed by atoms with E-state index < -0.39 is 35.1 Å². The summed E-state index contributed by atoms with van der Waals surface area (Å²) in [5, 5.41) is 0.168. The second kappa shape index (κ2) is 14.2. The van der Waals surface area contributed by atoms with Crippen molar-refractivity contribution in [2.45, 2.75) is 42.2 Å². The number of benzene rings is 2. The highest BCUT2D eigenvalue weighted by Crippen LogP contribution is 2.31. The highest BCUT2D eigenvalue weighted by Gasteiger charge is 2.33. The first-order valence-electron chi connectivity index (χ1n) is 14.3. The Bertz CT molecular complexity index is 1650.